The minimum Gasteiger partial charge on any atom is -0.326 e. The van der Waals surface area contributed by atoms with Crippen molar-refractivity contribution in [3.63, 3.8) is 0 Å². The van der Waals surface area contributed by atoms with Crippen LogP contribution in [0.1, 0.15) is 25.5 Å². The molecule has 5 nitrogen and oxygen atoms in total. The van der Waals surface area contributed by atoms with Crippen LogP contribution in [0, 0.1) is 5.82 Å². The van der Waals surface area contributed by atoms with Crippen molar-refractivity contribution in [1.29, 1.82) is 0 Å². The first kappa shape index (κ1) is 17.1. The molecule has 0 saturated carbocycles. The molecule has 0 radical (unpaired) electrons. The van der Waals surface area contributed by atoms with E-state index in [2.05, 4.69) is 10.0 Å². The maximum absolute atomic E-state index is 13.2. The fourth-order valence-electron chi connectivity index (χ4n) is 2.09. The SMILES string of the molecule is CC(=O)Nc1cccc([C@@H](C)NS(=O)(=O)c2cccc(F)c2)c1. The maximum Gasteiger partial charge on any atom is 0.241 e. The van der Waals surface area contributed by atoms with Crippen LogP contribution < -0.4 is 10.0 Å². The topological polar surface area (TPSA) is 75.3 Å². The molecule has 7 heteroatoms. The van der Waals surface area contributed by atoms with E-state index in [1.54, 1.807) is 31.2 Å². The number of hydrogen-bond acceptors (Lipinski definition) is 3. The van der Waals surface area contributed by atoms with E-state index < -0.39 is 21.9 Å². The Bertz CT molecular complexity index is 822. The van der Waals surface area contributed by atoms with Gasteiger partial charge in [0.25, 0.3) is 0 Å². The second-order valence-corrected chi connectivity index (χ2v) is 6.82. The van der Waals surface area contributed by atoms with Crippen molar-refractivity contribution in [3.05, 3.63) is 59.9 Å². The van der Waals surface area contributed by atoms with Crippen molar-refractivity contribution in [3.8, 4) is 0 Å². The van der Waals surface area contributed by atoms with Crippen LogP contribution in [-0.4, -0.2) is 14.3 Å². The van der Waals surface area contributed by atoms with E-state index in [1.165, 1.54) is 25.1 Å². The van der Waals surface area contributed by atoms with Gasteiger partial charge >= 0.3 is 0 Å². The molecule has 0 aliphatic heterocycles. The molecule has 2 aromatic rings. The van der Waals surface area contributed by atoms with Gasteiger partial charge in [-0.05, 0) is 42.8 Å². The molecule has 0 spiro atoms. The van der Waals surface area contributed by atoms with Gasteiger partial charge in [-0.3, -0.25) is 4.79 Å². The highest BCUT2D eigenvalue weighted by Gasteiger charge is 2.19. The average Bonchev–Trinajstić information content (AvgIpc) is 2.46. The summed E-state index contributed by atoms with van der Waals surface area (Å²) in [5.41, 5.74) is 1.25. The van der Waals surface area contributed by atoms with E-state index in [9.17, 15) is 17.6 Å². The van der Waals surface area contributed by atoms with E-state index in [1.807, 2.05) is 0 Å². The summed E-state index contributed by atoms with van der Waals surface area (Å²) < 4.78 is 40.3. The van der Waals surface area contributed by atoms with Crippen LogP contribution in [0.25, 0.3) is 0 Å². The Morgan fingerprint density at radius 1 is 1.13 bits per heavy atom. The lowest BCUT2D eigenvalue weighted by Gasteiger charge is -2.16. The Hall–Kier alpha value is -2.25. The molecule has 2 N–H and O–H groups in total. The van der Waals surface area contributed by atoms with Crippen LogP contribution in [0.4, 0.5) is 10.1 Å². The third-order valence-electron chi connectivity index (χ3n) is 3.15. The Morgan fingerprint density at radius 3 is 2.48 bits per heavy atom. The minimum absolute atomic E-state index is 0.137. The lowest BCUT2D eigenvalue weighted by molar-refractivity contribution is -0.114. The van der Waals surface area contributed by atoms with Crippen molar-refractivity contribution in [2.24, 2.45) is 0 Å². The Balaban J connectivity index is 2.21. The summed E-state index contributed by atoms with van der Waals surface area (Å²) in [7, 11) is -3.84. The molecule has 23 heavy (non-hydrogen) atoms. The van der Waals surface area contributed by atoms with Gasteiger partial charge in [-0.15, -0.1) is 0 Å². The van der Waals surface area contributed by atoms with Gasteiger partial charge in [-0.2, -0.15) is 0 Å². The van der Waals surface area contributed by atoms with Crippen LogP contribution in [0.2, 0.25) is 0 Å². The summed E-state index contributed by atoms with van der Waals surface area (Å²) >= 11 is 0. The predicted octanol–water partition coefficient (Wildman–Crippen LogP) is 2.82. The number of benzene rings is 2. The largest absolute Gasteiger partial charge is 0.326 e. The van der Waals surface area contributed by atoms with Crippen LogP contribution in [0.5, 0.6) is 0 Å². The molecule has 0 aliphatic carbocycles. The molecule has 0 aliphatic rings. The molecule has 0 aromatic heterocycles. The number of carbonyl (C=O) groups is 1. The van der Waals surface area contributed by atoms with E-state index in [-0.39, 0.29) is 10.8 Å². The second-order valence-electron chi connectivity index (χ2n) is 5.11. The molecule has 122 valence electrons. The Labute approximate surface area is 134 Å². The number of anilines is 1. The number of amides is 1. The molecular weight excluding hydrogens is 319 g/mol. The van der Waals surface area contributed by atoms with Gasteiger partial charge in [0.15, 0.2) is 0 Å². The van der Waals surface area contributed by atoms with Gasteiger partial charge in [0.2, 0.25) is 15.9 Å². The molecule has 1 amide bonds. The molecule has 0 unspecified atom stereocenters. The first-order chi connectivity index (χ1) is 10.8. The van der Waals surface area contributed by atoms with Gasteiger partial charge in [0.1, 0.15) is 5.82 Å². The zero-order valence-electron chi connectivity index (χ0n) is 12.7. The van der Waals surface area contributed by atoms with Crippen molar-refractivity contribution in [2.75, 3.05) is 5.32 Å². The highest BCUT2D eigenvalue weighted by molar-refractivity contribution is 7.89. The number of sulfonamides is 1. The van der Waals surface area contributed by atoms with Gasteiger partial charge in [0.05, 0.1) is 4.90 Å². The second kappa shape index (κ2) is 6.89. The number of rotatable bonds is 5. The van der Waals surface area contributed by atoms with Crippen molar-refractivity contribution < 1.29 is 17.6 Å². The predicted molar refractivity (Wildman–Crippen MR) is 85.9 cm³/mol. The van der Waals surface area contributed by atoms with Gasteiger partial charge in [-0.1, -0.05) is 18.2 Å². The van der Waals surface area contributed by atoms with Crippen molar-refractivity contribution in [2.45, 2.75) is 24.8 Å². The monoisotopic (exact) mass is 336 g/mol. The normalized spacial score (nSPS) is 12.7. The van der Waals surface area contributed by atoms with Crippen LogP contribution in [0.15, 0.2) is 53.4 Å². The third kappa shape index (κ3) is 4.61. The van der Waals surface area contributed by atoms with Crippen LogP contribution >= 0.6 is 0 Å². The van der Waals surface area contributed by atoms with Gasteiger partial charge in [0, 0.05) is 18.7 Å². The molecule has 2 aromatic carbocycles. The Kier molecular flexibility index (Phi) is 5.12. The maximum atomic E-state index is 13.2. The Morgan fingerprint density at radius 2 is 1.83 bits per heavy atom. The fourth-order valence-corrected chi connectivity index (χ4v) is 3.36. The summed E-state index contributed by atoms with van der Waals surface area (Å²) in [5, 5.41) is 2.64. The van der Waals surface area contributed by atoms with Crippen molar-refractivity contribution in [1.82, 2.24) is 4.72 Å². The summed E-state index contributed by atoms with van der Waals surface area (Å²) in [6, 6.07) is 11.1. The van der Waals surface area contributed by atoms with Gasteiger partial charge in [-0.25, -0.2) is 17.5 Å². The number of halogens is 1. The highest BCUT2D eigenvalue weighted by atomic mass is 32.2. The molecule has 0 saturated heterocycles. The molecule has 0 heterocycles. The first-order valence-corrected chi connectivity index (χ1v) is 8.42. The molecule has 0 fully saturated rings. The quantitative estimate of drug-likeness (QED) is 0.881. The van der Waals surface area contributed by atoms with E-state index in [0.717, 1.165) is 6.07 Å². The summed E-state index contributed by atoms with van der Waals surface area (Å²) in [4.78, 5) is 10.9. The number of nitrogens with one attached hydrogen (secondary N) is 2. The smallest absolute Gasteiger partial charge is 0.241 e. The zero-order valence-corrected chi connectivity index (χ0v) is 13.5. The first-order valence-electron chi connectivity index (χ1n) is 6.93. The minimum atomic E-state index is -3.84. The molecule has 1 atom stereocenters. The van der Waals surface area contributed by atoms with E-state index in [4.69, 9.17) is 0 Å². The standard InChI is InChI=1S/C16H17FN2O3S/c1-11(13-5-3-7-15(9-13)18-12(2)20)19-23(21,22)16-8-4-6-14(17)10-16/h3-11,19H,1-2H3,(H,18,20)/t11-/m1/s1. The van der Waals surface area contributed by atoms with E-state index in [0.29, 0.717) is 11.3 Å². The lowest BCUT2D eigenvalue weighted by Crippen LogP contribution is -2.27. The average molecular weight is 336 g/mol. The molecule has 2 rings (SSSR count). The van der Waals surface area contributed by atoms with E-state index >= 15 is 0 Å². The van der Waals surface area contributed by atoms with Gasteiger partial charge < -0.3 is 5.32 Å². The number of carbonyl (C=O) groups excluding carboxylic acids is 1. The summed E-state index contributed by atoms with van der Waals surface area (Å²) in [5.74, 6) is -0.830. The third-order valence-corrected chi connectivity index (χ3v) is 4.68. The van der Waals surface area contributed by atoms with Crippen LogP contribution in [0.3, 0.4) is 0 Å². The lowest BCUT2D eigenvalue weighted by atomic mass is 10.1. The summed E-state index contributed by atoms with van der Waals surface area (Å²) in [6.45, 7) is 3.06. The number of hydrogen-bond donors (Lipinski definition) is 2. The zero-order chi connectivity index (χ0) is 17.0. The molecular formula is C16H17FN2O3S. The highest BCUT2D eigenvalue weighted by Crippen LogP contribution is 2.20. The molecule has 0 bridgehead atoms. The fraction of sp³-hybridized carbons (Fsp3) is 0.188. The van der Waals surface area contributed by atoms with Crippen molar-refractivity contribution >= 4 is 21.6 Å². The van der Waals surface area contributed by atoms with Crippen LogP contribution in [-0.2, 0) is 14.8 Å². The summed E-state index contributed by atoms with van der Waals surface area (Å²) in [6.07, 6.45) is 0.